The molecule has 0 aliphatic carbocycles. The van der Waals surface area contributed by atoms with Gasteiger partial charge in [0.05, 0.1) is 38.2 Å². The van der Waals surface area contributed by atoms with Crippen LogP contribution in [-0.4, -0.2) is 50.6 Å². The molecule has 0 spiro atoms. The number of quaternary nitrogens is 1. The SMILES string of the molecule is C[NH+]1CCN(C(=O)COc2ccc(Cl)cc2Cl)CC1. The van der Waals surface area contributed by atoms with Gasteiger partial charge in [-0.3, -0.25) is 4.79 Å². The van der Waals surface area contributed by atoms with Gasteiger partial charge < -0.3 is 14.5 Å². The van der Waals surface area contributed by atoms with Crippen molar-refractivity contribution in [3.05, 3.63) is 28.2 Å². The number of piperazine rings is 1. The monoisotopic (exact) mass is 303 g/mol. The average Bonchev–Trinajstić information content (AvgIpc) is 2.38. The standard InChI is InChI=1S/C13H16Cl2N2O2/c1-16-4-6-17(7-5-16)13(18)9-19-12-3-2-10(14)8-11(12)15/h2-3,8H,4-7,9H2,1H3/p+1. The van der Waals surface area contributed by atoms with Crippen LogP contribution in [-0.2, 0) is 4.79 Å². The molecule has 1 aromatic rings. The highest BCUT2D eigenvalue weighted by Gasteiger charge is 2.21. The molecule has 0 atom stereocenters. The van der Waals surface area contributed by atoms with E-state index in [1.165, 1.54) is 4.90 Å². The summed E-state index contributed by atoms with van der Waals surface area (Å²) >= 11 is 11.8. The zero-order valence-electron chi connectivity index (χ0n) is 10.8. The number of carbonyl (C=O) groups is 1. The molecular weight excluding hydrogens is 287 g/mol. The van der Waals surface area contributed by atoms with E-state index < -0.39 is 0 Å². The van der Waals surface area contributed by atoms with Crippen molar-refractivity contribution >= 4 is 29.1 Å². The third kappa shape index (κ3) is 4.00. The molecule has 6 heteroatoms. The highest BCUT2D eigenvalue weighted by atomic mass is 35.5. The maximum absolute atomic E-state index is 12.0. The van der Waals surface area contributed by atoms with Gasteiger partial charge in [0.25, 0.3) is 5.91 Å². The van der Waals surface area contributed by atoms with Crippen molar-refractivity contribution in [3.63, 3.8) is 0 Å². The molecule has 1 aromatic carbocycles. The van der Waals surface area contributed by atoms with E-state index in [9.17, 15) is 4.79 Å². The molecule has 1 N–H and O–H groups in total. The van der Waals surface area contributed by atoms with Gasteiger partial charge in [-0.05, 0) is 18.2 Å². The van der Waals surface area contributed by atoms with E-state index >= 15 is 0 Å². The Morgan fingerprint density at radius 1 is 1.37 bits per heavy atom. The first kappa shape index (κ1) is 14.4. The number of rotatable bonds is 3. The summed E-state index contributed by atoms with van der Waals surface area (Å²) in [5, 5.41) is 0.967. The van der Waals surface area contributed by atoms with Crippen LogP contribution < -0.4 is 9.64 Å². The fourth-order valence-corrected chi connectivity index (χ4v) is 2.42. The summed E-state index contributed by atoms with van der Waals surface area (Å²) in [7, 11) is 2.13. The second-order valence-electron chi connectivity index (χ2n) is 4.70. The van der Waals surface area contributed by atoms with Gasteiger partial charge >= 0.3 is 0 Å². The fraction of sp³-hybridized carbons (Fsp3) is 0.462. The molecule has 4 nitrogen and oxygen atoms in total. The summed E-state index contributed by atoms with van der Waals surface area (Å²) in [5.41, 5.74) is 0. The van der Waals surface area contributed by atoms with Gasteiger partial charge in [0.1, 0.15) is 5.75 Å². The molecule has 19 heavy (non-hydrogen) atoms. The lowest BCUT2D eigenvalue weighted by Crippen LogP contribution is -3.12. The van der Waals surface area contributed by atoms with Crippen LogP contribution in [0.15, 0.2) is 18.2 Å². The van der Waals surface area contributed by atoms with E-state index in [4.69, 9.17) is 27.9 Å². The Morgan fingerprint density at radius 2 is 2.05 bits per heavy atom. The minimum Gasteiger partial charge on any atom is -0.482 e. The summed E-state index contributed by atoms with van der Waals surface area (Å²) < 4.78 is 5.45. The minimum atomic E-state index is -0.00137. The van der Waals surface area contributed by atoms with E-state index in [0.29, 0.717) is 15.8 Å². The van der Waals surface area contributed by atoms with Crippen molar-refractivity contribution in [2.45, 2.75) is 0 Å². The van der Waals surface area contributed by atoms with Crippen molar-refractivity contribution in [1.82, 2.24) is 4.90 Å². The smallest absolute Gasteiger partial charge is 0.260 e. The van der Waals surface area contributed by atoms with Crippen LogP contribution in [0.25, 0.3) is 0 Å². The van der Waals surface area contributed by atoms with Crippen LogP contribution in [0.5, 0.6) is 5.75 Å². The fourth-order valence-electron chi connectivity index (χ4n) is 1.96. The van der Waals surface area contributed by atoms with E-state index in [1.807, 2.05) is 4.90 Å². The van der Waals surface area contributed by atoms with Crippen LogP contribution in [0.3, 0.4) is 0 Å². The lowest BCUT2D eigenvalue weighted by molar-refractivity contribution is -0.883. The molecular formula is C13H17Cl2N2O2+. The van der Waals surface area contributed by atoms with Crippen LogP contribution >= 0.6 is 23.2 Å². The Labute approximate surface area is 122 Å². The number of carbonyl (C=O) groups excluding carboxylic acids is 1. The third-order valence-electron chi connectivity index (χ3n) is 3.21. The van der Waals surface area contributed by atoms with Gasteiger partial charge in [-0.1, -0.05) is 23.2 Å². The molecule has 2 rings (SSSR count). The van der Waals surface area contributed by atoms with Gasteiger partial charge in [0, 0.05) is 5.02 Å². The van der Waals surface area contributed by atoms with Gasteiger partial charge in [-0.15, -0.1) is 0 Å². The molecule has 0 bridgehead atoms. The van der Waals surface area contributed by atoms with Gasteiger partial charge in [-0.25, -0.2) is 0 Å². The Hall–Kier alpha value is -0.970. The number of benzene rings is 1. The normalized spacial score (nSPS) is 16.5. The highest BCUT2D eigenvalue weighted by Crippen LogP contribution is 2.27. The second-order valence-corrected chi connectivity index (χ2v) is 5.54. The Balaban J connectivity index is 1.86. The first-order valence-electron chi connectivity index (χ1n) is 6.23. The summed E-state index contributed by atoms with van der Waals surface area (Å²) in [6.07, 6.45) is 0. The summed E-state index contributed by atoms with van der Waals surface area (Å²) in [6.45, 7) is 3.53. The molecule has 0 radical (unpaired) electrons. The minimum absolute atomic E-state index is 0.00137. The van der Waals surface area contributed by atoms with Gasteiger partial charge in [0.15, 0.2) is 6.61 Å². The lowest BCUT2D eigenvalue weighted by atomic mass is 10.3. The van der Waals surface area contributed by atoms with E-state index in [1.54, 1.807) is 18.2 Å². The summed E-state index contributed by atoms with van der Waals surface area (Å²) in [6, 6.07) is 4.96. The first-order chi connectivity index (χ1) is 9.06. The van der Waals surface area contributed by atoms with E-state index in [2.05, 4.69) is 7.05 Å². The quantitative estimate of drug-likeness (QED) is 0.893. The average molecular weight is 304 g/mol. The maximum Gasteiger partial charge on any atom is 0.260 e. The topological polar surface area (TPSA) is 34.0 Å². The molecule has 0 unspecified atom stereocenters. The molecule has 1 aliphatic heterocycles. The number of nitrogens with one attached hydrogen (secondary N) is 1. The number of amides is 1. The molecule has 1 heterocycles. The molecule has 104 valence electrons. The first-order valence-corrected chi connectivity index (χ1v) is 6.99. The van der Waals surface area contributed by atoms with Gasteiger partial charge in [0.2, 0.25) is 0 Å². The van der Waals surface area contributed by atoms with E-state index in [0.717, 1.165) is 26.2 Å². The predicted octanol–water partition coefficient (Wildman–Crippen LogP) is 0.729. The summed E-state index contributed by atoms with van der Waals surface area (Å²) in [5.74, 6) is 0.484. The van der Waals surface area contributed by atoms with E-state index in [-0.39, 0.29) is 12.5 Å². The Morgan fingerprint density at radius 3 is 2.68 bits per heavy atom. The largest absolute Gasteiger partial charge is 0.482 e. The number of halogens is 2. The number of hydrogen-bond acceptors (Lipinski definition) is 2. The predicted molar refractivity (Wildman–Crippen MR) is 75.2 cm³/mol. The van der Waals surface area contributed by atoms with Crippen molar-refractivity contribution in [2.75, 3.05) is 39.8 Å². The molecule has 0 aromatic heterocycles. The third-order valence-corrected chi connectivity index (χ3v) is 3.75. The lowest BCUT2D eigenvalue weighted by Gasteiger charge is -2.30. The number of nitrogens with zero attached hydrogens (tertiary/aromatic N) is 1. The van der Waals surface area contributed by atoms with Crippen LogP contribution in [0, 0.1) is 0 Å². The van der Waals surface area contributed by atoms with Crippen molar-refractivity contribution < 1.29 is 14.4 Å². The number of hydrogen-bond donors (Lipinski definition) is 1. The van der Waals surface area contributed by atoms with Crippen molar-refractivity contribution in [2.24, 2.45) is 0 Å². The zero-order chi connectivity index (χ0) is 13.8. The van der Waals surface area contributed by atoms with Crippen LogP contribution in [0.1, 0.15) is 0 Å². The highest BCUT2D eigenvalue weighted by molar-refractivity contribution is 6.35. The molecule has 0 saturated carbocycles. The number of likely N-dealkylation sites (N-methyl/N-ethyl adjacent to an activating group) is 1. The molecule has 1 fully saturated rings. The van der Waals surface area contributed by atoms with Crippen LogP contribution in [0.2, 0.25) is 10.0 Å². The molecule has 1 amide bonds. The molecule has 1 saturated heterocycles. The summed E-state index contributed by atoms with van der Waals surface area (Å²) in [4.78, 5) is 15.3. The number of ether oxygens (including phenoxy) is 1. The van der Waals surface area contributed by atoms with Crippen molar-refractivity contribution in [1.29, 1.82) is 0 Å². The maximum atomic E-state index is 12.0. The van der Waals surface area contributed by atoms with Crippen molar-refractivity contribution in [3.8, 4) is 5.75 Å². The second kappa shape index (κ2) is 6.46. The Bertz CT molecular complexity index is 460. The molecule has 1 aliphatic rings. The van der Waals surface area contributed by atoms with Gasteiger partial charge in [-0.2, -0.15) is 0 Å². The Kier molecular flexibility index (Phi) is 4.91. The van der Waals surface area contributed by atoms with Crippen LogP contribution in [0.4, 0.5) is 0 Å². The zero-order valence-corrected chi connectivity index (χ0v) is 12.3.